The van der Waals surface area contributed by atoms with Crippen LogP contribution in [0.2, 0.25) is 0 Å². The van der Waals surface area contributed by atoms with Crippen LogP contribution in [0, 0.1) is 0 Å². The van der Waals surface area contributed by atoms with Crippen molar-refractivity contribution in [3.8, 4) is 0 Å². The van der Waals surface area contributed by atoms with Crippen LogP contribution in [0.3, 0.4) is 0 Å². The zero-order valence-electron chi connectivity index (χ0n) is 9.74. The molecule has 0 saturated carbocycles. The Morgan fingerprint density at radius 3 is 2.27 bits per heavy atom. The van der Waals surface area contributed by atoms with Gasteiger partial charge in [-0.05, 0) is 32.4 Å². The molecule has 0 radical (unpaired) electrons. The minimum atomic E-state index is -0.333. The largest absolute Gasteiger partial charge is 0.458 e. The van der Waals surface area contributed by atoms with Crippen molar-refractivity contribution >= 4 is 12.3 Å². The maximum atomic E-state index is 10.8. The second-order valence-corrected chi connectivity index (χ2v) is 3.66. The predicted molar refractivity (Wildman–Crippen MR) is 59.4 cm³/mol. The number of ether oxygens (including phenoxy) is 1. The van der Waals surface area contributed by atoms with Crippen LogP contribution in [0.25, 0.3) is 0 Å². The Morgan fingerprint density at radius 1 is 1.27 bits per heavy atom. The van der Waals surface area contributed by atoms with Crippen molar-refractivity contribution in [3.63, 3.8) is 0 Å². The van der Waals surface area contributed by atoms with Gasteiger partial charge < -0.3 is 4.74 Å². The van der Waals surface area contributed by atoms with Gasteiger partial charge in [-0.15, -0.1) is 0 Å². The fourth-order valence-electron chi connectivity index (χ4n) is 1.08. The molecule has 0 unspecified atom stereocenters. The van der Waals surface area contributed by atoms with Crippen LogP contribution in [-0.2, 0) is 14.3 Å². The summed E-state index contributed by atoms with van der Waals surface area (Å²) in [7, 11) is 0. The van der Waals surface area contributed by atoms with Crippen molar-refractivity contribution in [1.82, 2.24) is 0 Å². The van der Waals surface area contributed by atoms with Gasteiger partial charge in [0.2, 0.25) is 0 Å². The summed E-state index contributed by atoms with van der Waals surface area (Å²) in [5.41, 5.74) is 1.92. The zero-order valence-corrected chi connectivity index (χ0v) is 9.74. The Morgan fingerprint density at radius 2 is 1.87 bits per heavy atom. The molecular weight excluding hydrogens is 192 g/mol. The molecule has 3 nitrogen and oxygen atoms in total. The summed E-state index contributed by atoms with van der Waals surface area (Å²) in [6, 6.07) is 0. The molecule has 0 aliphatic heterocycles. The van der Waals surface area contributed by atoms with Gasteiger partial charge in [0.25, 0.3) is 0 Å². The molecule has 0 fully saturated rings. The quantitative estimate of drug-likeness (QED) is 0.303. The SMILES string of the molecule is CC(=O)O[C@@H](CC=C(C)C)/C(C)=C/C=O. The van der Waals surface area contributed by atoms with E-state index in [0.29, 0.717) is 12.7 Å². The molecule has 0 aliphatic carbocycles. The molecule has 0 heterocycles. The van der Waals surface area contributed by atoms with Crippen LogP contribution in [0.5, 0.6) is 0 Å². The lowest BCUT2D eigenvalue weighted by Gasteiger charge is -2.15. The molecule has 0 aromatic heterocycles. The van der Waals surface area contributed by atoms with Crippen molar-refractivity contribution in [2.24, 2.45) is 0 Å². The summed E-state index contributed by atoms with van der Waals surface area (Å²) in [6.07, 6.45) is 4.39. The third kappa shape index (κ3) is 6.66. The highest BCUT2D eigenvalue weighted by Gasteiger charge is 2.12. The molecular formula is C12H18O3. The second kappa shape index (κ2) is 6.98. The Labute approximate surface area is 90.8 Å². The molecule has 0 saturated heterocycles. The Hall–Kier alpha value is -1.38. The van der Waals surface area contributed by atoms with E-state index in [1.807, 2.05) is 19.9 Å². The first-order valence-corrected chi connectivity index (χ1v) is 4.90. The summed E-state index contributed by atoms with van der Waals surface area (Å²) < 4.78 is 5.10. The van der Waals surface area contributed by atoms with Gasteiger partial charge in [-0.1, -0.05) is 11.6 Å². The van der Waals surface area contributed by atoms with E-state index in [2.05, 4.69) is 0 Å². The minimum absolute atomic E-state index is 0.331. The number of rotatable bonds is 5. The number of carbonyl (C=O) groups is 2. The van der Waals surface area contributed by atoms with Crippen LogP contribution in [0.15, 0.2) is 23.3 Å². The predicted octanol–water partition coefficient (Wildman–Crippen LogP) is 2.42. The normalized spacial score (nSPS) is 12.9. The summed E-state index contributed by atoms with van der Waals surface area (Å²) >= 11 is 0. The fourth-order valence-corrected chi connectivity index (χ4v) is 1.08. The molecule has 84 valence electrons. The van der Waals surface area contributed by atoms with Crippen LogP contribution in [0.1, 0.15) is 34.1 Å². The van der Waals surface area contributed by atoms with Crippen molar-refractivity contribution in [2.75, 3.05) is 0 Å². The number of hydrogen-bond acceptors (Lipinski definition) is 3. The molecule has 15 heavy (non-hydrogen) atoms. The highest BCUT2D eigenvalue weighted by atomic mass is 16.5. The highest BCUT2D eigenvalue weighted by Crippen LogP contribution is 2.12. The van der Waals surface area contributed by atoms with Gasteiger partial charge in [-0.25, -0.2) is 0 Å². The van der Waals surface area contributed by atoms with Gasteiger partial charge in [0.05, 0.1) is 0 Å². The first-order valence-electron chi connectivity index (χ1n) is 4.90. The number of esters is 1. The average molecular weight is 210 g/mol. The molecule has 1 atom stereocenters. The molecule has 0 aromatic rings. The minimum Gasteiger partial charge on any atom is -0.458 e. The lowest BCUT2D eigenvalue weighted by molar-refractivity contribution is -0.144. The van der Waals surface area contributed by atoms with Crippen molar-refractivity contribution in [3.05, 3.63) is 23.3 Å². The molecule has 0 aromatic carbocycles. The smallest absolute Gasteiger partial charge is 0.303 e. The first-order chi connectivity index (χ1) is 6.97. The first kappa shape index (κ1) is 13.6. The van der Waals surface area contributed by atoms with Crippen LogP contribution in [0.4, 0.5) is 0 Å². The molecule has 0 spiro atoms. The van der Waals surface area contributed by atoms with Gasteiger partial charge in [0.15, 0.2) is 0 Å². The van der Waals surface area contributed by atoms with E-state index in [4.69, 9.17) is 4.74 Å². The number of allylic oxidation sites excluding steroid dienone is 2. The number of carbonyl (C=O) groups excluding carboxylic acids is 2. The third-order valence-corrected chi connectivity index (χ3v) is 1.89. The van der Waals surface area contributed by atoms with Gasteiger partial charge in [-0.3, -0.25) is 9.59 Å². The van der Waals surface area contributed by atoms with Gasteiger partial charge in [-0.2, -0.15) is 0 Å². The third-order valence-electron chi connectivity index (χ3n) is 1.89. The number of hydrogen-bond donors (Lipinski definition) is 0. The van der Waals surface area contributed by atoms with E-state index in [9.17, 15) is 9.59 Å². The number of aldehydes is 1. The molecule has 3 heteroatoms. The average Bonchev–Trinajstić information content (AvgIpc) is 2.11. The van der Waals surface area contributed by atoms with Crippen LogP contribution in [-0.4, -0.2) is 18.4 Å². The Balaban J connectivity index is 4.57. The van der Waals surface area contributed by atoms with E-state index in [0.717, 1.165) is 11.1 Å². The Kier molecular flexibility index (Phi) is 6.34. The monoisotopic (exact) mass is 210 g/mol. The fraction of sp³-hybridized carbons (Fsp3) is 0.500. The van der Waals surface area contributed by atoms with Crippen LogP contribution >= 0.6 is 0 Å². The van der Waals surface area contributed by atoms with Crippen molar-refractivity contribution in [2.45, 2.75) is 40.2 Å². The molecule has 0 bridgehead atoms. The Bertz CT molecular complexity index is 283. The topological polar surface area (TPSA) is 43.4 Å². The summed E-state index contributed by atoms with van der Waals surface area (Å²) in [5.74, 6) is -0.333. The molecule has 0 amide bonds. The van der Waals surface area contributed by atoms with E-state index in [1.54, 1.807) is 6.92 Å². The van der Waals surface area contributed by atoms with Crippen molar-refractivity contribution < 1.29 is 14.3 Å². The zero-order chi connectivity index (χ0) is 11.8. The molecule has 0 N–H and O–H groups in total. The van der Waals surface area contributed by atoms with Crippen LogP contribution < -0.4 is 0 Å². The van der Waals surface area contributed by atoms with Gasteiger partial charge >= 0.3 is 5.97 Å². The van der Waals surface area contributed by atoms with E-state index in [-0.39, 0.29) is 12.1 Å². The van der Waals surface area contributed by atoms with Gasteiger partial charge in [0, 0.05) is 13.3 Å². The second-order valence-electron chi connectivity index (χ2n) is 3.66. The van der Waals surface area contributed by atoms with E-state index in [1.165, 1.54) is 13.0 Å². The maximum Gasteiger partial charge on any atom is 0.303 e. The van der Waals surface area contributed by atoms with E-state index < -0.39 is 0 Å². The lowest BCUT2D eigenvalue weighted by atomic mass is 10.1. The lowest BCUT2D eigenvalue weighted by Crippen LogP contribution is -2.17. The molecule has 0 rings (SSSR count). The molecule has 0 aliphatic rings. The summed E-state index contributed by atoms with van der Waals surface area (Å²) in [4.78, 5) is 21.2. The standard InChI is InChI=1S/C12H18O3/c1-9(2)5-6-12(15-11(4)14)10(3)7-8-13/h5,7-8,12H,6H2,1-4H3/b10-7+/t12-/m0/s1. The summed E-state index contributed by atoms with van der Waals surface area (Å²) in [5, 5.41) is 0. The summed E-state index contributed by atoms with van der Waals surface area (Å²) in [6.45, 7) is 7.09. The van der Waals surface area contributed by atoms with E-state index >= 15 is 0 Å². The van der Waals surface area contributed by atoms with Crippen molar-refractivity contribution in [1.29, 1.82) is 0 Å². The highest BCUT2D eigenvalue weighted by molar-refractivity contribution is 5.68. The van der Waals surface area contributed by atoms with Gasteiger partial charge in [0.1, 0.15) is 12.4 Å². The maximum absolute atomic E-state index is 10.8.